The first-order chi connectivity index (χ1) is 20.0. The summed E-state index contributed by atoms with van der Waals surface area (Å²) in [5.41, 5.74) is 2.81. The Morgan fingerprint density at radius 3 is 2.21 bits per heavy atom. The lowest BCUT2D eigenvalue weighted by Gasteiger charge is -2.34. The molecule has 2 heterocycles. The molecule has 2 unspecified atom stereocenters. The highest BCUT2D eigenvalue weighted by atomic mass is 32.2. The number of allylic oxidation sites excluding steroid dienone is 1. The van der Waals surface area contributed by atoms with E-state index in [9.17, 15) is 22.1 Å². The summed E-state index contributed by atoms with van der Waals surface area (Å²) in [6.07, 6.45) is 3.92. The first kappa shape index (κ1) is 29.5. The van der Waals surface area contributed by atoms with Crippen molar-refractivity contribution in [2.75, 3.05) is 13.1 Å². The van der Waals surface area contributed by atoms with Crippen molar-refractivity contribution in [3.05, 3.63) is 101 Å². The van der Waals surface area contributed by atoms with Gasteiger partial charge in [0.25, 0.3) is 0 Å². The average Bonchev–Trinajstić information content (AvgIpc) is 3.40. The number of nitriles is 1. The summed E-state index contributed by atoms with van der Waals surface area (Å²) in [6, 6.07) is 23.9. The summed E-state index contributed by atoms with van der Waals surface area (Å²) in [6.45, 7) is 6.87. The molecule has 1 aliphatic heterocycles. The number of benzene rings is 3. The van der Waals surface area contributed by atoms with Gasteiger partial charge in [-0.15, -0.1) is 0 Å². The zero-order valence-corrected chi connectivity index (χ0v) is 25.3. The molecule has 0 amide bonds. The lowest BCUT2D eigenvalue weighted by Crippen LogP contribution is -2.42. The predicted octanol–water partition coefficient (Wildman–Crippen LogP) is 5.85. The van der Waals surface area contributed by atoms with Crippen LogP contribution in [0.5, 0.6) is 0 Å². The smallest absolute Gasteiger partial charge is 0.240 e. The quantitative estimate of drug-likeness (QED) is 0.246. The van der Waals surface area contributed by atoms with Crippen molar-refractivity contribution < 1.29 is 16.8 Å². The van der Waals surface area contributed by atoms with Crippen LogP contribution in [0.1, 0.15) is 31.4 Å². The minimum Gasteiger partial charge on any atom is -0.240 e. The number of aryl methyl sites for hydroxylation is 1. The number of sulfonamides is 1. The van der Waals surface area contributed by atoms with Gasteiger partial charge in [-0.1, -0.05) is 61.9 Å². The molecule has 1 saturated heterocycles. The van der Waals surface area contributed by atoms with E-state index in [0.717, 1.165) is 17.7 Å². The number of sulfone groups is 1. The van der Waals surface area contributed by atoms with E-state index in [2.05, 4.69) is 13.8 Å². The number of hydrogen-bond acceptors (Lipinski definition) is 6. The van der Waals surface area contributed by atoms with E-state index in [1.165, 1.54) is 22.5 Å². The van der Waals surface area contributed by atoms with E-state index in [0.29, 0.717) is 29.9 Å². The Labute approximate surface area is 247 Å². The Morgan fingerprint density at radius 1 is 0.905 bits per heavy atom. The molecule has 1 aliphatic rings. The molecule has 5 rings (SSSR count). The number of aromatic nitrogens is 2. The van der Waals surface area contributed by atoms with E-state index in [4.69, 9.17) is 5.10 Å². The maximum Gasteiger partial charge on any atom is 0.243 e. The van der Waals surface area contributed by atoms with Crippen LogP contribution in [0.4, 0.5) is 0 Å². The molecule has 3 aromatic carbocycles. The summed E-state index contributed by atoms with van der Waals surface area (Å²) in [5, 5.41) is 14.7. The van der Waals surface area contributed by atoms with Gasteiger partial charge in [-0.2, -0.15) is 14.7 Å². The van der Waals surface area contributed by atoms with Crippen LogP contribution in [0.2, 0.25) is 0 Å². The molecule has 1 fully saturated rings. The maximum atomic E-state index is 13.7. The van der Waals surface area contributed by atoms with Crippen LogP contribution in [-0.2, 0) is 19.9 Å². The van der Waals surface area contributed by atoms with E-state index in [-0.39, 0.29) is 21.6 Å². The summed E-state index contributed by atoms with van der Waals surface area (Å²) in [4.78, 5) is -0.297. The molecule has 0 saturated carbocycles. The maximum absolute atomic E-state index is 13.7. The minimum absolute atomic E-state index is 0.0102. The lowest BCUT2D eigenvalue weighted by atomic mass is 9.94. The SMILES string of the molecule is Cc1ccc(S(=O)(=O)C(C#N)=Cc2cn(-c3ccccc3)nc2-c2cccc(S(=O)(=O)N3CC(C)CC(C)C3)c2)cc1. The van der Waals surface area contributed by atoms with E-state index in [1.54, 1.807) is 47.3 Å². The number of para-hydroxylation sites is 1. The van der Waals surface area contributed by atoms with Crippen LogP contribution in [0.3, 0.4) is 0 Å². The van der Waals surface area contributed by atoms with Gasteiger partial charge in [0.1, 0.15) is 16.7 Å². The minimum atomic E-state index is -4.12. The molecule has 10 heteroatoms. The largest absolute Gasteiger partial charge is 0.243 e. The highest BCUT2D eigenvalue weighted by Crippen LogP contribution is 2.32. The summed E-state index contributed by atoms with van der Waals surface area (Å²) >= 11 is 0. The van der Waals surface area contributed by atoms with Gasteiger partial charge in [-0.3, -0.25) is 0 Å². The zero-order chi connectivity index (χ0) is 30.1. The van der Waals surface area contributed by atoms with Crippen LogP contribution in [0.15, 0.2) is 99.8 Å². The Balaban J connectivity index is 1.63. The van der Waals surface area contributed by atoms with Crippen LogP contribution in [0.25, 0.3) is 23.0 Å². The third-order valence-corrected chi connectivity index (χ3v) is 10.9. The summed E-state index contributed by atoms with van der Waals surface area (Å²) in [5.74, 6) is 0.509. The molecule has 216 valence electrons. The van der Waals surface area contributed by atoms with Gasteiger partial charge < -0.3 is 0 Å². The summed E-state index contributed by atoms with van der Waals surface area (Å²) < 4.78 is 57.3. The second-order valence-corrected chi connectivity index (χ2v) is 14.8. The van der Waals surface area contributed by atoms with Gasteiger partial charge in [0.15, 0.2) is 0 Å². The molecule has 0 aliphatic carbocycles. The highest BCUT2D eigenvalue weighted by molar-refractivity contribution is 7.95. The predicted molar refractivity (Wildman–Crippen MR) is 163 cm³/mol. The van der Waals surface area contributed by atoms with Gasteiger partial charge in [0.05, 0.1) is 15.5 Å². The van der Waals surface area contributed by atoms with Crippen LogP contribution in [0, 0.1) is 30.1 Å². The number of piperidine rings is 1. The van der Waals surface area contributed by atoms with E-state index < -0.39 is 24.8 Å². The first-order valence-electron chi connectivity index (χ1n) is 13.7. The van der Waals surface area contributed by atoms with Gasteiger partial charge in [-0.25, -0.2) is 21.5 Å². The fourth-order valence-electron chi connectivity index (χ4n) is 5.34. The molecule has 8 nitrogen and oxygen atoms in total. The Bertz CT molecular complexity index is 1880. The standard InChI is InChI=1S/C32H32N4O4S2/c1-23-12-14-29(15-13-23)41(37,38)31(19-33)18-27-22-36(28-9-5-4-6-10-28)34-32(27)26-8-7-11-30(17-26)42(39,40)35-20-24(2)16-25(3)21-35/h4-15,17-18,22,24-25H,16,20-21H2,1-3H3. The fourth-order valence-corrected chi connectivity index (χ4v) is 8.22. The molecular formula is C32H32N4O4S2. The molecule has 0 bridgehead atoms. The van der Waals surface area contributed by atoms with Gasteiger partial charge >= 0.3 is 0 Å². The number of hydrogen-bond donors (Lipinski definition) is 0. The molecule has 4 aromatic rings. The van der Waals surface area contributed by atoms with Crippen molar-refractivity contribution in [2.45, 2.75) is 37.0 Å². The molecule has 2 atom stereocenters. The third kappa shape index (κ3) is 5.95. The molecule has 0 spiro atoms. The highest BCUT2D eigenvalue weighted by Gasteiger charge is 2.32. The van der Waals surface area contributed by atoms with Crippen LogP contribution >= 0.6 is 0 Å². The number of rotatable bonds is 7. The second kappa shape index (κ2) is 11.7. The molecular weight excluding hydrogens is 569 g/mol. The molecule has 0 radical (unpaired) electrons. The van der Waals surface area contributed by atoms with Crippen molar-refractivity contribution in [1.82, 2.24) is 14.1 Å². The topological polar surface area (TPSA) is 113 Å². The zero-order valence-electron chi connectivity index (χ0n) is 23.7. The first-order valence-corrected chi connectivity index (χ1v) is 16.6. The Kier molecular flexibility index (Phi) is 8.19. The lowest BCUT2D eigenvalue weighted by molar-refractivity contribution is 0.222. The van der Waals surface area contributed by atoms with Crippen LogP contribution in [-0.4, -0.2) is 44.0 Å². The van der Waals surface area contributed by atoms with Gasteiger partial charge in [-0.05, 0) is 67.7 Å². The fraction of sp³-hybridized carbons (Fsp3) is 0.250. The van der Waals surface area contributed by atoms with Crippen molar-refractivity contribution >= 4 is 25.9 Å². The van der Waals surface area contributed by atoms with E-state index >= 15 is 0 Å². The van der Waals surface area contributed by atoms with Crippen molar-refractivity contribution in [3.8, 4) is 23.0 Å². The third-order valence-electron chi connectivity index (χ3n) is 7.36. The van der Waals surface area contributed by atoms with Gasteiger partial charge in [0.2, 0.25) is 19.9 Å². The average molecular weight is 601 g/mol. The molecule has 42 heavy (non-hydrogen) atoms. The monoisotopic (exact) mass is 600 g/mol. The van der Waals surface area contributed by atoms with Crippen LogP contribution < -0.4 is 0 Å². The molecule has 0 N–H and O–H groups in total. The number of nitrogens with zero attached hydrogens (tertiary/aromatic N) is 4. The Morgan fingerprint density at radius 2 is 1.57 bits per heavy atom. The van der Waals surface area contributed by atoms with E-state index in [1.807, 2.05) is 43.3 Å². The second-order valence-electron chi connectivity index (χ2n) is 10.9. The molecule has 1 aromatic heterocycles. The normalized spacial score (nSPS) is 18.5. The Hall–Kier alpha value is -4.04. The van der Waals surface area contributed by atoms with Crippen molar-refractivity contribution in [1.29, 1.82) is 5.26 Å². The van der Waals surface area contributed by atoms with Crippen molar-refractivity contribution in [3.63, 3.8) is 0 Å². The van der Waals surface area contributed by atoms with Crippen molar-refractivity contribution in [2.24, 2.45) is 11.8 Å². The summed E-state index contributed by atoms with van der Waals surface area (Å²) in [7, 11) is -7.89. The van der Waals surface area contributed by atoms with Gasteiger partial charge in [0, 0.05) is 30.4 Å².